The molecule has 0 aliphatic heterocycles. The number of hydrogen-bond donors (Lipinski definition) is 1. The van der Waals surface area contributed by atoms with Crippen molar-refractivity contribution in [3.05, 3.63) is 56.7 Å². The highest BCUT2D eigenvalue weighted by Gasteiger charge is 2.18. The molecular formula is C21H26N4O2S. The minimum Gasteiger partial charge on any atom is -0.350 e. The van der Waals surface area contributed by atoms with E-state index in [2.05, 4.69) is 36.3 Å². The lowest BCUT2D eigenvalue weighted by molar-refractivity contribution is -0.121. The van der Waals surface area contributed by atoms with Crippen LogP contribution in [0.4, 0.5) is 5.95 Å². The Balaban J connectivity index is 1.84. The quantitative estimate of drug-likeness (QED) is 0.663. The number of anilines is 1. The van der Waals surface area contributed by atoms with E-state index in [9.17, 15) is 9.59 Å². The zero-order valence-electron chi connectivity index (χ0n) is 16.8. The summed E-state index contributed by atoms with van der Waals surface area (Å²) in [5.74, 6) is 0.341. The van der Waals surface area contributed by atoms with Crippen LogP contribution in [0.3, 0.4) is 0 Å². The molecule has 1 amide bonds. The first-order chi connectivity index (χ1) is 13.4. The summed E-state index contributed by atoms with van der Waals surface area (Å²) >= 11 is 1.36. The molecule has 1 N–H and O–H groups in total. The number of benzene rings is 1. The summed E-state index contributed by atoms with van der Waals surface area (Å²) in [5, 5.41) is 4.78. The van der Waals surface area contributed by atoms with E-state index in [1.54, 1.807) is 0 Å². The van der Waals surface area contributed by atoms with E-state index in [1.807, 2.05) is 36.3 Å². The molecule has 0 saturated carbocycles. The average molecular weight is 399 g/mol. The molecule has 7 heteroatoms. The van der Waals surface area contributed by atoms with Crippen molar-refractivity contribution in [3.8, 4) is 0 Å². The standard InChI is InChI=1S/C21H26N4O2S/c1-5-24(6-2)21-23-17-9-10-28-19(17)20(27)25(21)13-18(26)22-12-16-8-7-14(3)15(4)11-16/h7-11H,5-6,12-13H2,1-4H3,(H,22,26). The number of thiophene rings is 1. The summed E-state index contributed by atoms with van der Waals surface area (Å²) in [4.78, 5) is 32.2. The number of amides is 1. The summed E-state index contributed by atoms with van der Waals surface area (Å²) in [7, 11) is 0. The number of hydrogen-bond acceptors (Lipinski definition) is 5. The zero-order chi connectivity index (χ0) is 20.3. The number of rotatable bonds is 7. The maximum absolute atomic E-state index is 13.0. The smallest absolute Gasteiger partial charge is 0.273 e. The maximum atomic E-state index is 13.0. The van der Waals surface area contributed by atoms with Crippen LogP contribution in [-0.4, -0.2) is 28.5 Å². The topological polar surface area (TPSA) is 67.2 Å². The van der Waals surface area contributed by atoms with Crippen LogP contribution in [0.15, 0.2) is 34.4 Å². The third-order valence-corrected chi connectivity index (χ3v) is 5.85. The van der Waals surface area contributed by atoms with Crippen molar-refractivity contribution < 1.29 is 4.79 Å². The van der Waals surface area contributed by atoms with E-state index in [1.165, 1.54) is 27.0 Å². The number of aromatic nitrogens is 2. The van der Waals surface area contributed by atoms with Crippen molar-refractivity contribution in [3.63, 3.8) is 0 Å². The van der Waals surface area contributed by atoms with Crippen molar-refractivity contribution >= 4 is 33.4 Å². The molecule has 28 heavy (non-hydrogen) atoms. The molecule has 0 fully saturated rings. The summed E-state index contributed by atoms with van der Waals surface area (Å²) in [5.41, 5.74) is 3.98. The van der Waals surface area contributed by atoms with E-state index in [4.69, 9.17) is 0 Å². The second kappa shape index (κ2) is 8.56. The number of nitrogens with one attached hydrogen (secondary N) is 1. The van der Waals surface area contributed by atoms with Gasteiger partial charge in [-0.05, 0) is 55.8 Å². The van der Waals surface area contributed by atoms with Crippen molar-refractivity contribution in [1.29, 1.82) is 0 Å². The van der Waals surface area contributed by atoms with Crippen LogP contribution in [0, 0.1) is 13.8 Å². The Kier molecular flexibility index (Phi) is 6.14. The van der Waals surface area contributed by atoms with Gasteiger partial charge in [-0.2, -0.15) is 0 Å². The Morgan fingerprint density at radius 1 is 1.18 bits per heavy atom. The fourth-order valence-corrected chi connectivity index (χ4v) is 3.91. The van der Waals surface area contributed by atoms with E-state index >= 15 is 0 Å². The molecule has 2 aromatic heterocycles. The largest absolute Gasteiger partial charge is 0.350 e. The van der Waals surface area contributed by atoms with Crippen molar-refractivity contribution in [2.75, 3.05) is 18.0 Å². The van der Waals surface area contributed by atoms with Crippen LogP contribution in [0.25, 0.3) is 10.2 Å². The molecule has 6 nitrogen and oxygen atoms in total. The van der Waals surface area contributed by atoms with Gasteiger partial charge in [0.1, 0.15) is 11.2 Å². The van der Waals surface area contributed by atoms with Crippen LogP contribution in [-0.2, 0) is 17.9 Å². The summed E-state index contributed by atoms with van der Waals surface area (Å²) < 4.78 is 2.07. The van der Waals surface area contributed by atoms with Crippen LogP contribution in [0.5, 0.6) is 0 Å². The molecule has 0 spiro atoms. The average Bonchev–Trinajstić information content (AvgIpc) is 3.15. The molecule has 3 rings (SSSR count). The zero-order valence-corrected chi connectivity index (χ0v) is 17.6. The molecule has 2 heterocycles. The second-order valence-corrected chi connectivity index (χ2v) is 7.72. The van der Waals surface area contributed by atoms with E-state index in [-0.39, 0.29) is 18.0 Å². The van der Waals surface area contributed by atoms with E-state index in [0.29, 0.717) is 35.8 Å². The second-order valence-electron chi connectivity index (χ2n) is 6.81. The summed E-state index contributed by atoms with van der Waals surface area (Å²) in [6.07, 6.45) is 0. The van der Waals surface area contributed by atoms with Gasteiger partial charge < -0.3 is 10.2 Å². The van der Waals surface area contributed by atoms with Gasteiger partial charge in [-0.3, -0.25) is 14.2 Å². The number of nitrogens with zero attached hydrogens (tertiary/aromatic N) is 3. The Labute approximate surface area is 168 Å². The van der Waals surface area contributed by atoms with Crippen LogP contribution in [0.1, 0.15) is 30.5 Å². The van der Waals surface area contributed by atoms with Crippen LogP contribution < -0.4 is 15.8 Å². The van der Waals surface area contributed by atoms with Crippen LogP contribution in [0.2, 0.25) is 0 Å². The maximum Gasteiger partial charge on any atom is 0.273 e. The lowest BCUT2D eigenvalue weighted by Gasteiger charge is -2.23. The first-order valence-electron chi connectivity index (χ1n) is 9.50. The Bertz CT molecular complexity index is 1050. The van der Waals surface area contributed by atoms with Gasteiger partial charge in [-0.1, -0.05) is 18.2 Å². The minimum atomic E-state index is -0.202. The first-order valence-corrected chi connectivity index (χ1v) is 10.4. The molecule has 148 valence electrons. The molecule has 0 aliphatic carbocycles. The normalized spacial score (nSPS) is 11.0. The lowest BCUT2D eigenvalue weighted by atomic mass is 10.1. The molecule has 0 bridgehead atoms. The number of carbonyl (C=O) groups is 1. The third-order valence-electron chi connectivity index (χ3n) is 4.95. The van der Waals surface area contributed by atoms with Gasteiger partial charge >= 0.3 is 0 Å². The number of fused-ring (bicyclic) bond motifs is 1. The molecule has 0 atom stereocenters. The number of aryl methyl sites for hydroxylation is 2. The third kappa shape index (κ3) is 4.09. The van der Waals surface area contributed by atoms with Gasteiger partial charge in [0.15, 0.2) is 0 Å². The predicted octanol–water partition coefficient (Wildman–Crippen LogP) is 3.24. The van der Waals surface area contributed by atoms with Crippen LogP contribution >= 0.6 is 11.3 Å². The van der Waals surface area contributed by atoms with E-state index < -0.39 is 0 Å². The van der Waals surface area contributed by atoms with Crippen molar-refractivity contribution in [2.45, 2.75) is 40.8 Å². The van der Waals surface area contributed by atoms with Crippen molar-refractivity contribution in [2.24, 2.45) is 0 Å². The SMILES string of the molecule is CCN(CC)c1nc2ccsc2c(=O)n1CC(=O)NCc1ccc(C)c(C)c1. The Morgan fingerprint density at radius 2 is 1.93 bits per heavy atom. The van der Waals surface area contributed by atoms with Gasteiger partial charge in [-0.15, -0.1) is 11.3 Å². The summed E-state index contributed by atoms with van der Waals surface area (Å²) in [6, 6.07) is 7.98. The van der Waals surface area contributed by atoms with Gasteiger partial charge in [-0.25, -0.2) is 4.98 Å². The molecule has 0 radical (unpaired) electrons. The van der Waals surface area contributed by atoms with Gasteiger partial charge in [0.2, 0.25) is 11.9 Å². The molecule has 0 unspecified atom stereocenters. The monoisotopic (exact) mass is 398 g/mol. The highest BCUT2D eigenvalue weighted by Crippen LogP contribution is 2.19. The molecular weight excluding hydrogens is 372 g/mol. The highest BCUT2D eigenvalue weighted by molar-refractivity contribution is 7.17. The highest BCUT2D eigenvalue weighted by atomic mass is 32.1. The molecule has 0 aliphatic rings. The van der Waals surface area contributed by atoms with Crippen molar-refractivity contribution in [1.82, 2.24) is 14.9 Å². The van der Waals surface area contributed by atoms with E-state index in [0.717, 1.165) is 5.56 Å². The Hall–Kier alpha value is -2.67. The fourth-order valence-electron chi connectivity index (χ4n) is 3.14. The predicted molar refractivity (Wildman–Crippen MR) is 115 cm³/mol. The summed E-state index contributed by atoms with van der Waals surface area (Å²) in [6.45, 7) is 9.95. The van der Waals surface area contributed by atoms with Gasteiger partial charge in [0.25, 0.3) is 5.56 Å². The number of carbonyl (C=O) groups excluding carboxylic acids is 1. The molecule has 0 saturated heterocycles. The van der Waals surface area contributed by atoms with Gasteiger partial charge in [0, 0.05) is 19.6 Å². The molecule has 1 aromatic carbocycles. The minimum absolute atomic E-state index is 0.0453. The first kappa shape index (κ1) is 20.1. The lowest BCUT2D eigenvalue weighted by Crippen LogP contribution is -2.37. The van der Waals surface area contributed by atoms with Gasteiger partial charge in [0.05, 0.1) is 5.52 Å². The molecule has 3 aromatic rings. The fraction of sp³-hybridized carbons (Fsp3) is 0.381. The Morgan fingerprint density at radius 3 is 2.61 bits per heavy atom.